The third-order valence-electron chi connectivity index (χ3n) is 3.59. The van der Waals surface area contributed by atoms with Crippen LogP contribution in [0.2, 0.25) is 0 Å². The summed E-state index contributed by atoms with van der Waals surface area (Å²) in [5.74, 6) is 0.683. The topological polar surface area (TPSA) is 38.0 Å². The first-order chi connectivity index (χ1) is 7.37. The minimum atomic E-state index is -4.13. The van der Waals surface area contributed by atoms with Crippen LogP contribution in [0.4, 0.5) is 13.2 Å². The maximum Gasteiger partial charge on any atom is 0.401 e. The van der Waals surface area contributed by atoms with Crippen molar-refractivity contribution in [3.8, 4) is 0 Å². The highest BCUT2D eigenvalue weighted by Crippen LogP contribution is 2.37. The fraction of sp³-hybridized carbons (Fsp3) is 1.00. The molecule has 16 heavy (non-hydrogen) atoms. The van der Waals surface area contributed by atoms with Gasteiger partial charge in [0, 0.05) is 6.54 Å². The lowest BCUT2D eigenvalue weighted by Gasteiger charge is -2.39. The fourth-order valence-corrected chi connectivity index (χ4v) is 2.30. The molecule has 0 aromatic rings. The van der Waals surface area contributed by atoms with Crippen LogP contribution in [-0.2, 0) is 0 Å². The maximum absolute atomic E-state index is 12.0. The van der Waals surface area contributed by atoms with Crippen LogP contribution in [0, 0.1) is 11.3 Å². The summed E-state index contributed by atoms with van der Waals surface area (Å²) in [7, 11) is 0. The Morgan fingerprint density at radius 3 is 2.31 bits per heavy atom. The van der Waals surface area contributed by atoms with Gasteiger partial charge in [0.15, 0.2) is 0 Å². The van der Waals surface area contributed by atoms with Crippen molar-refractivity contribution in [1.82, 2.24) is 5.32 Å². The van der Waals surface area contributed by atoms with Crippen molar-refractivity contribution in [1.29, 1.82) is 0 Å². The van der Waals surface area contributed by atoms with Crippen molar-refractivity contribution >= 4 is 0 Å². The van der Waals surface area contributed by atoms with Crippen LogP contribution in [0.3, 0.4) is 0 Å². The molecule has 0 spiro atoms. The maximum atomic E-state index is 12.0. The second-order valence-corrected chi connectivity index (χ2v) is 5.11. The van der Waals surface area contributed by atoms with E-state index in [1.807, 2.05) is 0 Å². The summed E-state index contributed by atoms with van der Waals surface area (Å²) in [6.07, 6.45) is -0.0986. The monoisotopic (exact) mass is 238 g/mol. The third-order valence-corrected chi connectivity index (χ3v) is 3.59. The third kappa shape index (κ3) is 4.29. The molecule has 0 radical (unpaired) electrons. The SMILES string of the molecule is CC1CCC(CN)(CNCC(F)(F)F)CC1. The Morgan fingerprint density at radius 2 is 1.88 bits per heavy atom. The van der Waals surface area contributed by atoms with Crippen LogP contribution >= 0.6 is 0 Å². The Bertz CT molecular complexity index is 208. The number of hydrogen-bond acceptors (Lipinski definition) is 2. The summed E-state index contributed by atoms with van der Waals surface area (Å²) < 4.78 is 36.0. The molecule has 1 aliphatic rings. The van der Waals surface area contributed by atoms with E-state index in [1.54, 1.807) is 0 Å². The molecule has 1 aliphatic carbocycles. The standard InChI is InChI=1S/C11H21F3N2/c1-9-2-4-10(6-15,5-3-9)7-16-8-11(12,13)14/h9,16H,2-8,15H2,1H3. The quantitative estimate of drug-likeness (QED) is 0.788. The van der Waals surface area contributed by atoms with Gasteiger partial charge < -0.3 is 11.1 Å². The van der Waals surface area contributed by atoms with E-state index in [0.29, 0.717) is 19.0 Å². The smallest absolute Gasteiger partial charge is 0.330 e. The van der Waals surface area contributed by atoms with Gasteiger partial charge in [-0.25, -0.2) is 0 Å². The molecule has 0 aliphatic heterocycles. The Balaban J connectivity index is 2.36. The Hall–Kier alpha value is -0.290. The highest BCUT2D eigenvalue weighted by atomic mass is 19.4. The number of halogens is 3. The Kier molecular flexibility index (Phi) is 4.62. The van der Waals surface area contributed by atoms with Crippen LogP contribution in [0.1, 0.15) is 32.6 Å². The van der Waals surface area contributed by atoms with Crippen molar-refractivity contribution in [2.24, 2.45) is 17.1 Å². The Morgan fingerprint density at radius 1 is 1.31 bits per heavy atom. The van der Waals surface area contributed by atoms with E-state index in [0.717, 1.165) is 25.7 Å². The van der Waals surface area contributed by atoms with Gasteiger partial charge in [0.1, 0.15) is 0 Å². The van der Waals surface area contributed by atoms with E-state index in [4.69, 9.17) is 5.73 Å². The predicted molar refractivity (Wildman–Crippen MR) is 58.0 cm³/mol. The van der Waals surface area contributed by atoms with Crippen molar-refractivity contribution in [3.63, 3.8) is 0 Å². The van der Waals surface area contributed by atoms with Gasteiger partial charge in [-0.2, -0.15) is 13.2 Å². The van der Waals surface area contributed by atoms with Gasteiger partial charge in [-0.05, 0) is 30.7 Å². The largest absolute Gasteiger partial charge is 0.401 e. The van der Waals surface area contributed by atoms with E-state index < -0.39 is 12.7 Å². The second kappa shape index (κ2) is 5.36. The Labute approximate surface area is 94.8 Å². The van der Waals surface area contributed by atoms with Crippen LogP contribution in [0.5, 0.6) is 0 Å². The molecule has 0 heterocycles. The summed E-state index contributed by atoms with van der Waals surface area (Å²) >= 11 is 0. The van der Waals surface area contributed by atoms with Crippen LogP contribution in [-0.4, -0.2) is 25.8 Å². The number of hydrogen-bond donors (Lipinski definition) is 2. The van der Waals surface area contributed by atoms with Gasteiger partial charge in [-0.3, -0.25) is 0 Å². The van der Waals surface area contributed by atoms with Crippen molar-refractivity contribution in [2.45, 2.75) is 38.8 Å². The minimum Gasteiger partial charge on any atom is -0.330 e. The normalized spacial score (nSPS) is 31.7. The van der Waals surface area contributed by atoms with Crippen molar-refractivity contribution in [2.75, 3.05) is 19.6 Å². The summed E-state index contributed by atoms with van der Waals surface area (Å²) in [6.45, 7) is 2.13. The first-order valence-electron chi connectivity index (χ1n) is 5.84. The lowest BCUT2D eigenvalue weighted by atomic mass is 9.71. The van der Waals surface area contributed by atoms with E-state index in [1.165, 1.54) is 0 Å². The molecule has 96 valence electrons. The number of nitrogens with one attached hydrogen (secondary N) is 1. The van der Waals surface area contributed by atoms with Gasteiger partial charge in [0.25, 0.3) is 0 Å². The summed E-state index contributed by atoms with van der Waals surface area (Å²) in [6, 6.07) is 0. The molecule has 2 nitrogen and oxygen atoms in total. The lowest BCUT2D eigenvalue weighted by molar-refractivity contribution is -0.126. The highest BCUT2D eigenvalue weighted by molar-refractivity contribution is 4.87. The molecular weight excluding hydrogens is 217 g/mol. The number of rotatable bonds is 4. The molecule has 1 fully saturated rings. The molecule has 3 N–H and O–H groups in total. The summed E-state index contributed by atoms with van der Waals surface area (Å²) in [4.78, 5) is 0. The van der Waals surface area contributed by atoms with Crippen molar-refractivity contribution in [3.05, 3.63) is 0 Å². The number of nitrogens with two attached hydrogens (primary N) is 1. The molecule has 0 amide bonds. The molecule has 0 saturated heterocycles. The average Bonchev–Trinajstić information content (AvgIpc) is 2.20. The molecule has 1 saturated carbocycles. The zero-order valence-electron chi connectivity index (χ0n) is 9.74. The average molecular weight is 238 g/mol. The molecule has 0 atom stereocenters. The first kappa shape index (κ1) is 13.8. The molecule has 0 aromatic carbocycles. The molecule has 0 aromatic heterocycles. The van der Waals surface area contributed by atoms with Crippen LogP contribution < -0.4 is 11.1 Å². The van der Waals surface area contributed by atoms with Gasteiger partial charge >= 0.3 is 6.18 Å². The fourth-order valence-electron chi connectivity index (χ4n) is 2.30. The summed E-state index contributed by atoms with van der Waals surface area (Å²) in [5, 5.41) is 2.50. The minimum absolute atomic E-state index is 0.113. The van der Waals surface area contributed by atoms with Crippen molar-refractivity contribution < 1.29 is 13.2 Å². The van der Waals surface area contributed by atoms with Gasteiger partial charge in [0.2, 0.25) is 0 Å². The van der Waals surface area contributed by atoms with E-state index in [-0.39, 0.29) is 5.41 Å². The summed E-state index contributed by atoms with van der Waals surface area (Å²) in [5.41, 5.74) is 5.60. The van der Waals surface area contributed by atoms with E-state index in [2.05, 4.69) is 12.2 Å². The molecular formula is C11H21F3N2. The molecule has 1 rings (SSSR count). The van der Waals surface area contributed by atoms with Gasteiger partial charge in [-0.1, -0.05) is 19.8 Å². The molecule has 0 bridgehead atoms. The second-order valence-electron chi connectivity index (χ2n) is 5.11. The molecule has 0 unspecified atom stereocenters. The zero-order chi connectivity index (χ0) is 12.2. The van der Waals surface area contributed by atoms with Gasteiger partial charge in [-0.15, -0.1) is 0 Å². The highest BCUT2D eigenvalue weighted by Gasteiger charge is 2.34. The number of alkyl halides is 3. The van der Waals surface area contributed by atoms with E-state index in [9.17, 15) is 13.2 Å². The van der Waals surface area contributed by atoms with Gasteiger partial charge in [0.05, 0.1) is 6.54 Å². The first-order valence-corrected chi connectivity index (χ1v) is 5.84. The van der Waals surface area contributed by atoms with Crippen LogP contribution in [0.25, 0.3) is 0 Å². The van der Waals surface area contributed by atoms with Crippen LogP contribution in [0.15, 0.2) is 0 Å². The molecule has 5 heteroatoms. The predicted octanol–water partition coefficient (Wildman–Crippen LogP) is 2.29. The lowest BCUT2D eigenvalue weighted by Crippen LogP contribution is -2.45. The van der Waals surface area contributed by atoms with E-state index >= 15 is 0 Å². The zero-order valence-corrected chi connectivity index (χ0v) is 9.74.